The lowest BCUT2D eigenvalue weighted by Crippen LogP contribution is -2.20. The summed E-state index contributed by atoms with van der Waals surface area (Å²) in [5.41, 5.74) is 9.39. The highest BCUT2D eigenvalue weighted by Gasteiger charge is 2.28. The van der Waals surface area contributed by atoms with E-state index in [0.29, 0.717) is 5.92 Å². The summed E-state index contributed by atoms with van der Waals surface area (Å²) in [6.45, 7) is 2.36. The zero-order valence-electron chi connectivity index (χ0n) is 11.4. The van der Waals surface area contributed by atoms with Crippen molar-refractivity contribution >= 4 is 0 Å². The van der Waals surface area contributed by atoms with Crippen molar-refractivity contribution in [2.45, 2.75) is 57.4 Å². The minimum Gasteiger partial charge on any atom is -0.324 e. The molecule has 2 aliphatic carbocycles. The summed E-state index contributed by atoms with van der Waals surface area (Å²) in [6.07, 6.45) is 8.14. The average molecular weight is 243 g/mol. The third kappa shape index (κ3) is 2.33. The Morgan fingerprint density at radius 2 is 2.00 bits per heavy atom. The van der Waals surface area contributed by atoms with E-state index in [-0.39, 0.29) is 6.04 Å². The Labute approximate surface area is 111 Å². The molecule has 2 saturated carbocycles. The Bertz CT molecular complexity index is 408. The first-order valence-electron chi connectivity index (χ1n) is 7.59. The largest absolute Gasteiger partial charge is 0.324 e. The van der Waals surface area contributed by atoms with Crippen LogP contribution in [-0.4, -0.2) is 0 Å². The smallest absolute Gasteiger partial charge is 0.0323 e. The highest BCUT2D eigenvalue weighted by atomic mass is 14.7. The van der Waals surface area contributed by atoms with Crippen LogP contribution in [0.5, 0.6) is 0 Å². The van der Waals surface area contributed by atoms with Gasteiger partial charge >= 0.3 is 0 Å². The van der Waals surface area contributed by atoms with E-state index < -0.39 is 0 Å². The zero-order chi connectivity index (χ0) is 12.5. The standard InChI is InChI=1S/C17H25N/c1-12-8-9-16(10-12)17(18)15-7-3-6-14(11-15)13-4-2-5-13/h3,6-7,11-13,16-17H,2,4-5,8-10,18H2,1H3. The summed E-state index contributed by atoms with van der Waals surface area (Å²) >= 11 is 0. The molecule has 0 radical (unpaired) electrons. The van der Waals surface area contributed by atoms with Gasteiger partial charge in [0.25, 0.3) is 0 Å². The fourth-order valence-electron chi connectivity index (χ4n) is 3.61. The molecule has 0 heterocycles. The van der Waals surface area contributed by atoms with Gasteiger partial charge in [-0.15, -0.1) is 0 Å². The van der Waals surface area contributed by atoms with Crippen molar-refractivity contribution in [2.75, 3.05) is 0 Å². The molecule has 3 atom stereocenters. The van der Waals surface area contributed by atoms with Crippen molar-refractivity contribution in [3.63, 3.8) is 0 Å². The van der Waals surface area contributed by atoms with Crippen LogP contribution in [0.25, 0.3) is 0 Å². The SMILES string of the molecule is CC1CCC(C(N)c2cccc(C3CCC3)c2)C1. The molecule has 3 rings (SSSR count). The molecule has 2 N–H and O–H groups in total. The molecule has 0 aromatic heterocycles. The number of rotatable bonds is 3. The minimum absolute atomic E-state index is 0.259. The third-order valence-corrected chi connectivity index (χ3v) is 5.12. The van der Waals surface area contributed by atoms with Crippen molar-refractivity contribution in [3.8, 4) is 0 Å². The molecule has 2 aliphatic rings. The predicted octanol–water partition coefficient (Wildman–Crippen LogP) is 4.39. The molecule has 18 heavy (non-hydrogen) atoms. The monoisotopic (exact) mass is 243 g/mol. The van der Waals surface area contributed by atoms with Crippen LogP contribution in [0.1, 0.15) is 68.5 Å². The molecule has 1 aromatic rings. The van der Waals surface area contributed by atoms with E-state index in [2.05, 4.69) is 31.2 Å². The van der Waals surface area contributed by atoms with Gasteiger partial charge in [-0.05, 0) is 54.6 Å². The highest BCUT2D eigenvalue weighted by molar-refractivity contribution is 5.30. The van der Waals surface area contributed by atoms with Crippen molar-refractivity contribution in [1.29, 1.82) is 0 Å². The highest BCUT2D eigenvalue weighted by Crippen LogP contribution is 2.40. The second-order valence-corrected chi connectivity index (χ2v) is 6.50. The topological polar surface area (TPSA) is 26.0 Å². The number of hydrogen-bond acceptors (Lipinski definition) is 1. The molecular formula is C17H25N. The molecule has 0 saturated heterocycles. The van der Waals surface area contributed by atoms with Crippen LogP contribution < -0.4 is 5.73 Å². The van der Waals surface area contributed by atoms with Gasteiger partial charge in [0.1, 0.15) is 0 Å². The predicted molar refractivity (Wildman–Crippen MR) is 76.5 cm³/mol. The third-order valence-electron chi connectivity index (χ3n) is 5.12. The van der Waals surface area contributed by atoms with Crippen LogP contribution in [0.3, 0.4) is 0 Å². The Balaban J connectivity index is 1.74. The fraction of sp³-hybridized carbons (Fsp3) is 0.647. The Hall–Kier alpha value is -0.820. The van der Waals surface area contributed by atoms with E-state index in [1.54, 1.807) is 0 Å². The van der Waals surface area contributed by atoms with Crippen molar-refractivity contribution in [1.82, 2.24) is 0 Å². The van der Waals surface area contributed by atoms with Gasteiger partial charge in [0.05, 0.1) is 0 Å². The first kappa shape index (κ1) is 12.2. The molecule has 0 spiro atoms. The van der Waals surface area contributed by atoms with Crippen molar-refractivity contribution in [2.24, 2.45) is 17.6 Å². The molecule has 0 aliphatic heterocycles. The normalized spacial score (nSPS) is 30.1. The van der Waals surface area contributed by atoms with Crippen LogP contribution in [0.15, 0.2) is 24.3 Å². The van der Waals surface area contributed by atoms with Crippen LogP contribution >= 0.6 is 0 Å². The number of hydrogen-bond donors (Lipinski definition) is 1. The lowest BCUT2D eigenvalue weighted by atomic mass is 9.79. The summed E-state index contributed by atoms with van der Waals surface area (Å²) in [7, 11) is 0. The van der Waals surface area contributed by atoms with Gasteiger partial charge in [-0.1, -0.05) is 44.0 Å². The first-order chi connectivity index (χ1) is 8.74. The summed E-state index contributed by atoms with van der Waals surface area (Å²) in [5.74, 6) is 2.40. The second kappa shape index (κ2) is 5.05. The molecule has 0 bridgehead atoms. The van der Waals surface area contributed by atoms with Crippen LogP contribution in [-0.2, 0) is 0 Å². The Kier molecular flexibility index (Phi) is 3.43. The van der Waals surface area contributed by atoms with E-state index in [4.69, 9.17) is 5.73 Å². The number of nitrogens with two attached hydrogens (primary N) is 1. The molecular weight excluding hydrogens is 218 g/mol. The van der Waals surface area contributed by atoms with Crippen LogP contribution in [0, 0.1) is 11.8 Å². The van der Waals surface area contributed by atoms with Gasteiger partial charge < -0.3 is 5.73 Å². The van der Waals surface area contributed by atoms with E-state index in [0.717, 1.165) is 11.8 Å². The fourth-order valence-corrected chi connectivity index (χ4v) is 3.61. The Morgan fingerprint density at radius 1 is 1.17 bits per heavy atom. The van der Waals surface area contributed by atoms with Crippen molar-refractivity contribution in [3.05, 3.63) is 35.4 Å². The molecule has 1 nitrogen and oxygen atoms in total. The Morgan fingerprint density at radius 3 is 2.61 bits per heavy atom. The van der Waals surface area contributed by atoms with E-state index in [1.807, 2.05) is 0 Å². The average Bonchev–Trinajstić information content (AvgIpc) is 2.73. The molecule has 2 fully saturated rings. The lowest BCUT2D eigenvalue weighted by molar-refractivity contribution is 0.414. The van der Waals surface area contributed by atoms with Crippen molar-refractivity contribution < 1.29 is 0 Å². The van der Waals surface area contributed by atoms with E-state index >= 15 is 0 Å². The maximum absolute atomic E-state index is 6.49. The first-order valence-corrected chi connectivity index (χ1v) is 7.59. The molecule has 1 heteroatoms. The molecule has 98 valence electrons. The zero-order valence-corrected chi connectivity index (χ0v) is 11.4. The van der Waals surface area contributed by atoms with Gasteiger partial charge in [-0.25, -0.2) is 0 Å². The van der Waals surface area contributed by atoms with Crippen LogP contribution in [0.4, 0.5) is 0 Å². The molecule has 3 unspecified atom stereocenters. The summed E-state index contributed by atoms with van der Waals surface area (Å²) in [4.78, 5) is 0. The summed E-state index contributed by atoms with van der Waals surface area (Å²) in [6, 6.07) is 9.38. The van der Waals surface area contributed by atoms with E-state index in [9.17, 15) is 0 Å². The minimum atomic E-state index is 0.259. The maximum atomic E-state index is 6.49. The van der Waals surface area contributed by atoms with Gasteiger partial charge in [0.2, 0.25) is 0 Å². The molecule has 0 amide bonds. The van der Waals surface area contributed by atoms with E-state index in [1.165, 1.54) is 49.7 Å². The van der Waals surface area contributed by atoms with Gasteiger partial charge in [0, 0.05) is 6.04 Å². The van der Waals surface area contributed by atoms with Gasteiger partial charge in [-0.2, -0.15) is 0 Å². The second-order valence-electron chi connectivity index (χ2n) is 6.50. The van der Waals surface area contributed by atoms with Crippen LogP contribution in [0.2, 0.25) is 0 Å². The lowest BCUT2D eigenvalue weighted by Gasteiger charge is -2.27. The maximum Gasteiger partial charge on any atom is 0.0323 e. The van der Waals surface area contributed by atoms with Gasteiger partial charge in [-0.3, -0.25) is 0 Å². The quantitative estimate of drug-likeness (QED) is 0.837. The van der Waals surface area contributed by atoms with Gasteiger partial charge in [0.15, 0.2) is 0 Å². The summed E-state index contributed by atoms with van der Waals surface area (Å²) in [5, 5.41) is 0. The number of benzene rings is 1. The molecule has 1 aromatic carbocycles. The summed E-state index contributed by atoms with van der Waals surface area (Å²) < 4.78 is 0.